The van der Waals surface area contributed by atoms with Gasteiger partial charge in [0.15, 0.2) is 5.82 Å². The molecule has 1 aliphatic rings. The number of aryl methyl sites for hydroxylation is 1. The zero-order valence-electron chi connectivity index (χ0n) is 18.7. The Kier molecular flexibility index (Phi) is 5.77. The van der Waals surface area contributed by atoms with Crippen molar-refractivity contribution in [3.8, 4) is 5.75 Å². The highest BCUT2D eigenvalue weighted by atomic mass is 16.5. The minimum atomic E-state index is 0.796. The highest BCUT2D eigenvalue weighted by Gasteiger charge is 2.18. The molecule has 0 amide bonds. The molecule has 166 valence electrons. The summed E-state index contributed by atoms with van der Waals surface area (Å²) in [6.07, 6.45) is 0.826. The van der Waals surface area contributed by atoms with E-state index in [1.807, 2.05) is 30.3 Å². The molecule has 0 unspecified atom stereocenters. The van der Waals surface area contributed by atoms with Crippen LogP contribution in [0.2, 0.25) is 0 Å². The number of hydrogen-bond acceptors (Lipinski definition) is 7. The molecule has 0 spiro atoms. The molecule has 0 bridgehead atoms. The number of ether oxygens (including phenoxy) is 1. The summed E-state index contributed by atoms with van der Waals surface area (Å²) >= 11 is 0. The van der Waals surface area contributed by atoms with E-state index in [9.17, 15) is 0 Å². The van der Waals surface area contributed by atoms with E-state index in [1.54, 1.807) is 7.11 Å². The van der Waals surface area contributed by atoms with Crippen LogP contribution in [0.1, 0.15) is 12.7 Å². The molecule has 0 radical (unpaired) electrons. The Morgan fingerprint density at radius 2 is 1.75 bits per heavy atom. The van der Waals surface area contributed by atoms with E-state index in [4.69, 9.17) is 9.72 Å². The molecule has 1 N–H and O–H groups in total. The molecule has 5 rings (SSSR count). The summed E-state index contributed by atoms with van der Waals surface area (Å²) in [6, 6.07) is 16.5. The number of piperazine rings is 1. The Bertz CT molecular complexity index is 1200. The average Bonchev–Trinajstić information content (AvgIpc) is 3.29. The molecule has 0 atom stereocenters. The van der Waals surface area contributed by atoms with Crippen molar-refractivity contribution >= 4 is 28.2 Å². The monoisotopic (exact) mass is 431 g/mol. The zero-order chi connectivity index (χ0) is 21.9. The fourth-order valence-corrected chi connectivity index (χ4v) is 4.34. The number of nitrogens with zero attached hydrogens (tertiary/aromatic N) is 6. The predicted octanol–water partition coefficient (Wildman–Crippen LogP) is 3.08. The summed E-state index contributed by atoms with van der Waals surface area (Å²) in [5.41, 5.74) is 4.05. The van der Waals surface area contributed by atoms with Gasteiger partial charge in [-0.25, -0.2) is 4.98 Å². The van der Waals surface area contributed by atoms with Crippen LogP contribution in [0.4, 0.5) is 11.5 Å². The molecule has 1 fully saturated rings. The largest absolute Gasteiger partial charge is 0.497 e. The molecular weight excluding hydrogens is 402 g/mol. The zero-order valence-corrected chi connectivity index (χ0v) is 18.7. The second kappa shape index (κ2) is 9.00. The topological polar surface area (TPSA) is 70.8 Å². The van der Waals surface area contributed by atoms with Crippen LogP contribution >= 0.6 is 0 Å². The van der Waals surface area contributed by atoms with Crippen molar-refractivity contribution < 1.29 is 4.74 Å². The van der Waals surface area contributed by atoms with Crippen molar-refractivity contribution in [3.63, 3.8) is 0 Å². The van der Waals surface area contributed by atoms with E-state index in [1.165, 1.54) is 5.69 Å². The minimum Gasteiger partial charge on any atom is -0.497 e. The summed E-state index contributed by atoms with van der Waals surface area (Å²) in [5, 5.41) is 12.3. The molecule has 8 nitrogen and oxygen atoms in total. The number of rotatable bonds is 7. The molecule has 32 heavy (non-hydrogen) atoms. The third-order valence-corrected chi connectivity index (χ3v) is 6.14. The van der Waals surface area contributed by atoms with Crippen LogP contribution in [-0.4, -0.2) is 70.9 Å². The van der Waals surface area contributed by atoms with Gasteiger partial charge in [0.25, 0.3) is 0 Å². The van der Waals surface area contributed by atoms with Gasteiger partial charge in [0.2, 0.25) is 5.65 Å². The molecule has 2 aromatic carbocycles. The van der Waals surface area contributed by atoms with Gasteiger partial charge in [-0.15, -0.1) is 10.2 Å². The first-order valence-corrected chi connectivity index (χ1v) is 11.2. The van der Waals surface area contributed by atoms with Crippen molar-refractivity contribution in [2.45, 2.75) is 13.3 Å². The third-order valence-electron chi connectivity index (χ3n) is 6.14. The Labute approximate surface area is 187 Å². The lowest BCUT2D eigenvalue weighted by molar-refractivity contribution is 0.267. The molecule has 8 heteroatoms. The highest BCUT2D eigenvalue weighted by molar-refractivity contribution is 5.82. The number of nitrogens with one attached hydrogen (secondary N) is 1. The molecule has 0 saturated carbocycles. The van der Waals surface area contributed by atoms with Crippen molar-refractivity contribution in [1.82, 2.24) is 24.5 Å². The third kappa shape index (κ3) is 3.93. The van der Waals surface area contributed by atoms with E-state index >= 15 is 0 Å². The standard InChI is InChI=1S/C24H29N7O/c1-3-22-27-28-24-23(26-20-6-4-5-7-21(20)31(22)24)25-12-13-29-14-16-30(17-15-29)18-8-10-19(32-2)11-9-18/h4-11H,3,12-17H2,1-2H3,(H,25,26). The lowest BCUT2D eigenvalue weighted by Crippen LogP contribution is -2.47. The molecule has 1 aliphatic heterocycles. The van der Waals surface area contributed by atoms with E-state index in [-0.39, 0.29) is 0 Å². The van der Waals surface area contributed by atoms with Crippen LogP contribution in [0.25, 0.3) is 16.7 Å². The molecule has 1 saturated heterocycles. The molecule has 3 heterocycles. The number of anilines is 2. The lowest BCUT2D eigenvalue weighted by Gasteiger charge is -2.36. The SMILES string of the molecule is CCc1nnc2c(NCCN3CCN(c4ccc(OC)cc4)CC3)nc3ccccc3n12. The van der Waals surface area contributed by atoms with Gasteiger partial charge in [0.05, 0.1) is 18.1 Å². The van der Waals surface area contributed by atoms with Crippen LogP contribution in [0, 0.1) is 0 Å². The maximum Gasteiger partial charge on any atom is 0.204 e. The normalized spacial score (nSPS) is 14.9. The first-order chi connectivity index (χ1) is 15.8. The first-order valence-electron chi connectivity index (χ1n) is 11.2. The van der Waals surface area contributed by atoms with Crippen molar-refractivity contribution in [1.29, 1.82) is 0 Å². The Morgan fingerprint density at radius 1 is 0.969 bits per heavy atom. The summed E-state index contributed by atoms with van der Waals surface area (Å²) in [6.45, 7) is 8.01. The Morgan fingerprint density at radius 3 is 2.50 bits per heavy atom. The number of aromatic nitrogens is 4. The number of hydrogen-bond donors (Lipinski definition) is 1. The summed E-state index contributed by atoms with van der Waals surface area (Å²) in [5.74, 6) is 2.65. The van der Waals surface area contributed by atoms with Crippen molar-refractivity contribution in [3.05, 3.63) is 54.4 Å². The van der Waals surface area contributed by atoms with E-state index < -0.39 is 0 Å². The minimum absolute atomic E-state index is 0.796. The first kappa shape index (κ1) is 20.5. The van der Waals surface area contributed by atoms with Gasteiger partial charge in [-0.1, -0.05) is 19.1 Å². The van der Waals surface area contributed by atoms with E-state index in [0.29, 0.717) is 0 Å². The van der Waals surface area contributed by atoms with Gasteiger partial charge in [0.1, 0.15) is 11.6 Å². The number of fused-ring (bicyclic) bond motifs is 3. The van der Waals surface area contributed by atoms with Crippen LogP contribution in [-0.2, 0) is 6.42 Å². The molecule has 0 aliphatic carbocycles. The van der Waals surface area contributed by atoms with Gasteiger partial charge in [-0.2, -0.15) is 0 Å². The van der Waals surface area contributed by atoms with Crippen LogP contribution < -0.4 is 15.0 Å². The van der Waals surface area contributed by atoms with Gasteiger partial charge in [-0.05, 0) is 36.4 Å². The number of benzene rings is 2. The fourth-order valence-electron chi connectivity index (χ4n) is 4.34. The number of para-hydroxylation sites is 2. The van der Waals surface area contributed by atoms with Gasteiger partial charge in [0, 0.05) is 51.4 Å². The molecule has 4 aromatic rings. The summed E-state index contributed by atoms with van der Waals surface area (Å²) in [7, 11) is 1.70. The average molecular weight is 432 g/mol. The maximum atomic E-state index is 5.26. The smallest absolute Gasteiger partial charge is 0.204 e. The lowest BCUT2D eigenvalue weighted by atomic mass is 10.2. The van der Waals surface area contributed by atoms with E-state index in [0.717, 1.165) is 79.8 Å². The highest BCUT2D eigenvalue weighted by Crippen LogP contribution is 2.22. The maximum absolute atomic E-state index is 5.26. The number of methoxy groups -OCH3 is 1. The Balaban J connectivity index is 1.22. The van der Waals surface area contributed by atoms with Crippen molar-refractivity contribution in [2.75, 3.05) is 56.6 Å². The predicted molar refractivity (Wildman–Crippen MR) is 128 cm³/mol. The molecule has 2 aromatic heterocycles. The van der Waals surface area contributed by atoms with Gasteiger partial charge < -0.3 is 15.0 Å². The second-order valence-corrected chi connectivity index (χ2v) is 8.03. The fraction of sp³-hybridized carbons (Fsp3) is 0.375. The summed E-state index contributed by atoms with van der Waals surface area (Å²) in [4.78, 5) is 9.75. The second-order valence-electron chi connectivity index (χ2n) is 8.03. The quantitative estimate of drug-likeness (QED) is 0.482. The summed E-state index contributed by atoms with van der Waals surface area (Å²) < 4.78 is 7.39. The van der Waals surface area contributed by atoms with Crippen LogP contribution in [0.15, 0.2) is 48.5 Å². The molecular formula is C24H29N7O. The van der Waals surface area contributed by atoms with Crippen LogP contribution in [0.5, 0.6) is 5.75 Å². The van der Waals surface area contributed by atoms with Crippen molar-refractivity contribution in [2.24, 2.45) is 0 Å². The van der Waals surface area contributed by atoms with Gasteiger partial charge >= 0.3 is 0 Å². The van der Waals surface area contributed by atoms with Gasteiger partial charge in [-0.3, -0.25) is 9.30 Å². The van der Waals surface area contributed by atoms with Crippen LogP contribution in [0.3, 0.4) is 0 Å². The Hall–Kier alpha value is -3.39. The van der Waals surface area contributed by atoms with E-state index in [2.05, 4.69) is 54.8 Å².